The number of nitro benzene ring substituents is 1. The molecule has 0 unspecified atom stereocenters. The van der Waals surface area contributed by atoms with Crippen LogP contribution in [0, 0.1) is 16.0 Å². The van der Waals surface area contributed by atoms with E-state index in [4.69, 9.17) is 4.74 Å². The van der Waals surface area contributed by atoms with Crippen LogP contribution in [0.1, 0.15) is 28.8 Å². The SMILES string of the molecule is COc1cc(-c2ccc3c(c2)Nc2cc(CC(=O)NCC4CC4)ccc2NC3=O)ccc1[N+](=O)[O-]. The lowest BCUT2D eigenvalue weighted by molar-refractivity contribution is -0.385. The largest absolute Gasteiger partial charge is 0.490 e. The van der Waals surface area contributed by atoms with Crippen molar-refractivity contribution in [3.63, 3.8) is 0 Å². The van der Waals surface area contributed by atoms with Gasteiger partial charge in [0.15, 0.2) is 5.75 Å². The van der Waals surface area contributed by atoms with Gasteiger partial charge in [0.2, 0.25) is 5.91 Å². The first-order valence-electron chi connectivity index (χ1n) is 11.4. The van der Waals surface area contributed by atoms with Gasteiger partial charge in [0.05, 0.1) is 41.1 Å². The number of carbonyl (C=O) groups is 2. The minimum absolute atomic E-state index is 0.0238. The van der Waals surface area contributed by atoms with Crippen molar-refractivity contribution < 1.29 is 19.2 Å². The van der Waals surface area contributed by atoms with E-state index in [-0.39, 0.29) is 29.7 Å². The lowest BCUT2D eigenvalue weighted by Gasteiger charge is -2.12. The molecule has 1 saturated carbocycles. The van der Waals surface area contributed by atoms with Crippen LogP contribution in [0.25, 0.3) is 11.1 Å². The highest BCUT2D eigenvalue weighted by atomic mass is 16.6. The van der Waals surface area contributed by atoms with Gasteiger partial charge in [0, 0.05) is 12.6 Å². The molecule has 2 aliphatic rings. The highest BCUT2D eigenvalue weighted by Crippen LogP contribution is 2.37. The van der Waals surface area contributed by atoms with E-state index in [1.807, 2.05) is 18.2 Å². The molecule has 1 aliphatic heterocycles. The summed E-state index contributed by atoms with van der Waals surface area (Å²) in [6, 6.07) is 15.4. The Morgan fingerprint density at radius 1 is 1.03 bits per heavy atom. The van der Waals surface area contributed by atoms with Crippen molar-refractivity contribution in [1.29, 1.82) is 0 Å². The molecular weight excluding hydrogens is 448 g/mol. The van der Waals surface area contributed by atoms with Gasteiger partial charge in [0.1, 0.15) is 0 Å². The van der Waals surface area contributed by atoms with Crippen molar-refractivity contribution in [2.75, 3.05) is 24.3 Å². The number of hydrogen-bond acceptors (Lipinski definition) is 6. The molecule has 0 spiro atoms. The number of fused-ring (bicyclic) bond motifs is 2. The standard InChI is InChI=1S/C26H24N4O5/c1-35-24-13-18(6-9-23(24)30(33)34)17-5-7-19-21(12-17)28-22-10-16(4-8-20(22)29-26(19)32)11-25(31)27-14-15-2-3-15/h4-10,12-13,15,28H,2-3,11,14H2,1H3,(H,27,31)(H,29,32). The summed E-state index contributed by atoms with van der Waals surface area (Å²) in [6.45, 7) is 0.724. The van der Waals surface area contributed by atoms with Crippen LogP contribution in [0.2, 0.25) is 0 Å². The Kier molecular flexibility index (Phi) is 5.82. The van der Waals surface area contributed by atoms with E-state index in [0.717, 1.165) is 17.7 Å². The van der Waals surface area contributed by atoms with Gasteiger partial charge < -0.3 is 20.7 Å². The van der Waals surface area contributed by atoms with E-state index in [0.29, 0.717) is 34.1 Å². The number of anilines is 3. The highest BCUT2D eigenvalue weighted by molar-refractivity contribution is 6.12. The van der Waals surface area contributed by atoms with E-state index >= 15 is 0 Å². The second-order valence-corrected chi connectivity index (χ2v) is 8.79. The second-order valence-electron chi connectivity index (χ2n) is 8.79. The molecule has 3 aromatic rings. The third kappa shape index (κ3) is 4.79. The van der Waals surface area contributed by atoms with Crippen molar-refractivity contribution in [3.05, 3.63) is 75.8 Å². The Morgan fingerprint density at radius 2 is 1.80 bits per heavy atom. The molecule has 3 aromatic carbocycles. The number of hydrogen-bond donors (Lipinski definition) is 3. The number of nitrogens with zero attached hydrogens (tertiary/aromatic N) is 1. The van der Waals surface area contributed by atoms with Crippen molar-refractivity contribution in [1.82, 2.24) is 5.32 Å². The Morgan fingerprint density at radius 3 is 2.54 bits per heavy atom. The molecule has 35 heavy (non-hydrogen) atoms. The minimum Gasteiger partial charge on any atom is -0.490 e. The molecule has 0 bridgehead atoms. The topological polar surface area (TPSA) is 123 Å². The molecule has 3 N–H and O–H groups in total. The van der Waals surface area contributed by atoms with Gasteiger partial charge in [-0.25, -0.2) is 0 Å². The fourth-order valence-electron chi connectivity index (χ4n) is 4.11. The van der Waals surface area contributed by atoms with Crippen LogP contribution in [0.5, 0.6) is 5.75 Å². The summed E-state index contributed by atoms with van der Waals surface area (Å²) in [5.41, 5.74) is 4.54. The highest BCUT2D eigenvalue weighted by Gasteiger charge is 2.23. The third-order valence-corrected chi connectivity index (χ3v) is 6.22. The first-order chi connectivity index (χ1) is 16.9. The minimum atomic E-state index is -0.494. The summed E-state index contributed by atoms with van der Waals surface area (Å²) >= 11 is 0. The zero-order valence-corrected chi connectivity index (χ0v) is 19.1. The molecule has 9 heteroatoms. The maximum absolute atomic E-state index is 12.8. The average molecular weight is 473 g/mol. The van der Waals surface area contributed by atoms with Crippen LogP contribution in [0.3, 0.4) is 0 Å². The zero-order chi connectivity index (χ0) is 24.5. The summed E-state index contributed by atoms with van der Waals surface area (Å²) in [7, 11) is 1.38. The van der Waals surface area contributed by atoms with Gasteiger partial charge in [-0.2, -0.15) is 0 Å². The van der Waals surface area contributed by atoms with Crippen LogP contribution < -0.4 is 20.7 Å². The predicted molar refractivity (Wildman–Crippen MR) is 132 cm³/mol. The van der Waals surface area contributed by atoms with E-state index in [1.165, 1.54) is 26.0 Å². The van der Waals surface area contributed by atoms with Gasteiger partial charge in [-0.1, -0.05) is 12.1 Å². The Bertz CT molecular complexity index is 1350. The normalized spacial score (nSPS) is 14.0. The number of methoxy groups -OCH3 is 1. The van der Waals surface area contributed by atoms with Crippen LogP contribution in [-0.4, -0.2) is 30.4 Å². The van der Waals surface area contributed by atoms with Gasteiger partial charge in [-0.15, -0.1) is 0 Å². The van der Waals surface area contributed by atoms with Gasteiger partial charge in [-0.3, -0.25) is 19.7 Å². The third-order valence-electron chi connectivity index (χ3n) is 6.22. The van der Waals surface area contributed by atoms with Crippen molar-refractivity contribution in [2.45, 2.75) is 19.3 Å². The fraction of sp³-hybridized carbons (Fsp3) is 0.231. The molecule has 1 fully saturated rings. The van der Waals surface area contributed by atoms with Crippen molar-refractivity contribution >= 4 is 34.6 Å². The molecular formula is C26H24N4O5. The summed E-state index contributed by atoms with van der Waals surface area (Å²) in [4.78, 5) is 35.9. The number of nitrogens with one attached hydrogen (secondary N) is 3. The van der Waals surface area contributed by atoms with Gasteiger partial charge in [-0.05, 0) is 71.8 Å². The van der Waals surface area contributed by atoms with Crippen LogP contribution in [0.4, 0.5) is 22.7 Å². The molecule has 0 radical (unpaired) electrons. The maximum Gasteiger partial charge on any atom is 0.310 e. The number of amides is 2. The lowest BCUT2D eigenvalue weighted by atomic mass is 10.0. The number of carbonyl (C=O) groups excluding carboxylic acids is 2. The van der Waals surface area contributed by atoms with E-state index < -0.39 is 4.92 Å². The Hall–Kier alpha value is -4.40. The zero-order valence-electron chi connectivity index (χ0n) is 19.1. The first kappa shape index (κ1) is 22.4. The number of rotatable bonds is 7. The van der Waals surface area contributed by atoms with Crippen molar-refractivity contribution in [2.24, 2.45) is 5.92 Å². The lowest BCUT2D eigenvalue weighted by Crippen LogP contribution is -2.27. The summed E-state index contributed by atoms with van der Waals surface area (Å²) in [6.07, 6.45) is 2.61. The average Bonchev–Trinajstić information content (AvgIpc) is 3.69. The molecule has 0 atom stereocenters. The summed E-state index contributed by atoms with van der Waals surface area (Å²) < 4.78 is 5.19. The molecule has 5 rings (SSSR count). The first-order valence-corrected chi connectivity index (χ1v) is 11.4. The molecule has 1 heterocycles. The fourth-order valence-corrected chi connectivity index (χ4v) is 4.11. The monoisotopic (exact) mass is 472 g/mol. The van der Waals surface area contributed by atoms with Crippen molar-refractivity contribution in [3.8, 4) is 16.9 Å². The van der Waals surface area contributed by atoms with E-state index in [2.05, 4.69) is 16.0 Å². The smallest absolute Gasteiger partial charge is 0.310 e. The Balaban J connectivity index is 1.43. The maximum atomic E-state index is 12.8. The van der Waals surface area contributed by atoms with E-state index in [1.54, 1.807) is 30.3 Å². The van der Waals surface area contributed by atoms with Crippen LogP contribution in [0.15, 0.2) is 54.6 Å². The van der Waals surface area contributed by atoms with Gasteiger partial charge >= 0.3 is 5.69 Å². The molecule has 0 aromatic heterocycles. The summed E-state index contributed by atoms with van der Waals surface area (Å²) in [5.74, 6) is 0.491. The number of benzene rings is 3. The van der Waals surface area contributed by atoms with Crippen LogP contribution in [-0.2, 0) is 11.2 Å². The van der Waals surface area contributed by atoms with E-state index in [9.17, 15) is 19.7 Å². The molecule has 2 amide bonds. The quantitative estimate of drug-likeness (QED) is 0.340. The molecule has 1 aliphatic carbocycles. The summed E-state index contributed by atoms with van der Waals surface area (Å²) in [5, 5.41) is 20.4. The number of nitro groups is 1. The van der Waals surface area contributed by atoms with Gasteiger partial charge in [0.25, 0.3) is 5.91 Å². The predicted octanol–water partition coefficient (Wildman–Crippen LogP) is 4.65. The molecule has 178 valence electrons. The second kappa shape index (κ2) is 9.09. The molecule has 0 saturated heterocycles. The molecule has 9 nitrogen and oxygen atoms in total. The van der Waals surface area contributed by atoms with Crippen LogP contribution >= 0.6 is 0 Å². The Labute approximate surface area is 201 Å². The number of ether oxygens (including phenoxy) is 1.